The molecule has 2 heterocycles. The Kier molecular flexibility index (Phi) is 6.49. The first kappa shape index (κ1) is 21.0. The molecule has 0 atom stereocenters. The molecule has 156 valence electrons. The number of imide groups is 1. The average Bonchev–Trinajstić information content (AvgIpc) is 2.93. The number of halogens is 1. The summed E-state index contributed by atoms with van der Waals surface area (Å²) in [6, 6.07) is 15.1. The van der Waals surface area contributed by atoms with Crippen molar-refractivity contribution < 1.29 is 9.59 Å². The molecular weight excluding hydrogens is 416 g/mol. The Morgan fingerprint density at radius 3 is 2.10 bits per heavy atom. The first-order valence-electron chi connectivity index (χ1n) is 10.5. The lowest BCUT2D eigenvalue weighted by atomic mass is 10.1. The van der Waals surface area contributed by atoms with E-state index in [4.69, 9.17) is 11.6 Å². The quantitative estimate of drug-likeness (QED) is 0.563. The van der Waals surface area contributed by atoms with Crippen LogP contribution in [0, 0.1) is 0 Å². The van der Waals surface area contributed by atoms with Crippen molar-refractivity contribution in [2.24, 2.45) is 0 Å². The molecule has 30 heavy (non-hydrogen) atoms. The number of likely N-dealkylation sites (tertiary alicyclic amines) is 1. The first-order chi connectivity index (χ1) is 14.6. The average molecular weight is 441 g/mol. The molecule has 6 heteroatoms. The summed E-state index contributed by atoms with van der Waals surface area (Å²) in [4.78, 5) is 31.8. The zero-order valence-electron chi connectivity index (χ0n) is 17.1. The van der Waals surface area contributed by atoms with Gasteiger partial charge in [0.15, 0.2) is 0 Å². The van der Waals surface area contributed by atoms with Gasteiger partial charge in [-0.15, -0.1) is 0 Å². The van der Waals surface area contributed by atoms with Crippen LogP contribution in [0.1, 0.15) is 38.2 Å². The zero-order chi connectivity index (χ0) is 21.1. The molecule has 0 unspecified atom stereocenters. The molecule has 0 N–H and O–H groups in total. The fourth-order valence-electron chi connectivity index (χ4n) is 3.90. The number of amides is 2. The molecule has 2 aliphatic rings. The molecule has 2 aromatic rings. The molecule has 2 aliphatic heterocycles. The Morgan fingerprint density at radius 2 is 1.50 bits per heavy atom. The normalized spacial score (nSPS) is 17.7. The molecule has 0 bridgehead atoms. The van der Waals surface area contributed by atoms with Crippen LogP contribution in [0.3, 0.4) is 0 Å². The van der Waals surface area contributed by atoms with Crippen molar-refractivity contribution in [2.45, 2.75) is 43.9 Å². The standard InChI is InChI=1S/C24H25ClN2O2S/c1-2-17-7-11-19(12-8-17)27-23(28)21(26-15-5-3-4-6-16-26)22(24(27)29)30-20-13-9-18(25)10-14-20/h7-14H,2-6,15-16H2,1H3. The minimum absolute atomic E-state index is 0.220. The van der Waals surface area contributed by atoms with E-state index in [1.54, 1.807) is 12.1 Å². The molecule has 2 aromatic carbocycles. The van der Waals surface area contributed by atoms with Gasteiger partial charge in [-0.3, -0.25) is 9.59 Å². The molecule has 0 aromatic heterocycles. The van der Waals surface area contributed by atoms with E-state index < -0.39 is 0 Å². The van der Waals surface area contributed by atoms with Crippen LogP contribution in [0.4, 0.5) is 5.69 Å². The van der Waals surface area contributed by atoms with E-state index in [0.29, 0.717) is 21.3 Å². The molecule has 0 radical (unpaired) electrons. The van der Waals surface area contributed by atoms with E-state index in [9.17, 15) is 9.59 Å². The number of carbonyl (C=O) groups is 2. The second-order valence-electron chi connectivity index (χ2n) is 7.60. The largest absolute Gasteiger partial charge is 0.366 e. The maximum absolute atomic E-state index is 13.5. The summed E-state index contributed by atoms with van der Waals surface area (Å²) in [7, 11) is 0. The lowest BCUT2D eigenvalue weighted by molar-refractivity contribution is -0.121. The summed E-state index contributed by atoms with van der Waals surface area (Å²) >= 11 is 7.37. The van der Waals surface area contributed by atoms with Crippen LogP contribution in [-0.2, 0) is 16.0 Å². The Bertz CT molecular complexity index is 962. The van der Waals surface area contributed by atoms with Crippen molar-refractivity contribution in [1.82, 2.24) is 4.90 Å². The van der Waals surface area contributed by atoms with Crippen LogP contribution in [0.15, 0.2) is 64.0 Å². The predicted molar refractivity (Wildman–Crippen MR) is 123 cm³/mol. The monoisotopic (exact) mass is 440 g/mol. The van der Waals surface area contributed by atoms with Crippen molar-refractivity contribution in [3.05, 3.63) is 69.7 Å². The highest BCUT2D eigenvalue weighted by molar-refractivity contribution is 8.04. The van der Waals surface area contributed by atoms with Gasteiger partial charge in [0, 0.05) is 23.0 Å². The lowest BCUT2D eigenvalue weighted by Crippen LogP contribution is -2.35. The van der Waals surface area contributed by atoms with Crippen molar-refractivity contribution in [3.8, 4) is 0 Å². The van der Waals surface area contributed by atoms with Gasteiger partial charge >= 0.3 is 0 Å². The number of benzene rings is 2. The summed E-state index contributed by atoms with van der Waals surface area (Å²) < 4.78 is 0. The predicted octanol–water partition coefficient (Wildman–Crippen LogP) is 5.66. The van der Waals surface area contributed by atoms with Gasteiger partial charge in [-0.05, 0) is 61.2 Å². The van der Waals surface area contributed by atoms with Gasteiger partial charge in [0.2, 0.25) is 0 Å². The minimum atomic E-state index is -0.247. The summed E-state index contributed by atoms with van der Waals surface area (Å²) in [6.07, 6.45) is 5.31. The van der Waals surface area contributed by atoms with Crippen LogP contribution < -0.4 is 4.90 Å². The van der Waals surface area contributed by atoms with E-state index in [1.807, 2.05) is 36.4 Å². The fourth-order valence-corrected chi connectivity index (χ4v) is 5.02. The van der Waals surface area contributed by atoms with Gasteiger partial charge in [0.1, 0.15) is 10.6 Å². The molecule has 4 rings (SSSR count). The summed E-state index contributed by atoms with van der Waals surface area (Å²) in [5.74, 6) is -0.467. The van der Waals surface area contributed by atoms with Crippen LogP contribution in [0.2, 0.25) is 5.02 Å². The van der Waals surface area contributed by atoms with Crippen LogP contribution in [0.5, 0.6) is 0 Å². The van der Waals surface area contributed by atoms with E-state index in [1.165, 1.54) is 22.2 Å². The summed E-state index contributed by atoms with van der Waals surface area (Å²) in [5.41, 5.74) is 2.34. The minimum Gasteiger partial charge on any atom is -0.366 e. The van der Waals surface area contributed by atoms with Crippen molar-refractivity contribution in [3.63, 3.8) is 0 Å². The number of carbonyl (C=O) groups excluding carboxylic acids is 2. The van der Waals surface area contributed by atoms with Crippen LogP contribution in [-0.4, -0.2) is 29.8 Å². The Morgan fingerprint density at radius 1 is 0.867 bits per heavy atom. The number of anilines is 1. The van der Waals surface area contributed by atoms with E-state index in [0.717, 1.165) is 50.1 Å². The topological polar surface area (TPSA) is 40.6 Å². The van der Waals surface area contributed by atoms with Gasteiger partial charge in [-0.2, -0.15) is 0 Å². The van der Waals surface area contributed by atoms with Crippen LogP contribution in [0.25, 0.3) is 0 Å². The van der Waals surface area contributed by atoms with Gasteiger partial charge in [0.25, 0.3) is 11.8 Å². The molecule has 4 nitrogen and oxygen atoms in total. The van der Waals surface area contributed by atoms with Gasteiger partial charge in [-0.1, -0.05) is 55.3 Å². The number of hydrogen-bond acceptors (Lipinski definition) is 4. The van der Waals surface area contributed by atoms with Crippen molar-refractivity contribution in [1.29, 1.82) is 0 Å². The van der Waals surface area contributed by atoms with Crippen LogP contribution >= 0.6 is 23.4 Å². The van der Waals surface area contributed by atoms with E-state index in [2.05, 4.69) is 11.8 Å². The van der Waals surface area contributed by atoms with E-state index in [-0.39, 0.29) is 11.8 Å². The number of rotatable bonds is 5. The maximum atomic E-state index is 13.5. The highest BCUT2D eigenvalue weighted by Gasteiger charge is 2.42. The van der Waals surface area contributed by atoms with Gasteiger partial charge < -0.3 is 4.90 Å². The number of aryl methyl sites for hydroxylation is 1. The Balaban J connectivity index is 1.71. The molecule has 0 saturated carbocycles. The molecule has 0 aliphatic carbocycles. The highest BCUT2D eigenvalue weighted by Crippen LogP contribution is 2.39. The molecule has 1 fully saturated rings. The molecule has 1 saturated heterocycles. The Labute approximate surface area is 186 Å². The van der Waals surface area contributed by atoms with E-state index >= 15 is 0 Å². The summed E-state index contributed by atoms with van der Waals surface area (Å²) in [6.45, 7) is 3.70. The highest BCUT2D eigenvalue weighted by atomic mass is 35.5. The second kappa shape index (κ2) is 9.27. The zero-order valence-corrected chi connectivity index (χ0v) is 18.6. The van der Waals surface area contributed by atoms with Crippen molar-refractivity contribution >= 4 is 40.9 Å². The third-order valence-electron chi connectivity index (χ3n) is 5.58. The maximum Gasteiger partial charge on any atom is 0.283 e. The molecule has 2 amide bonds. The summed E-state index contributed by atoms with van der Waals surface area (Å²) in [5, 5.41) is 0.646. The molecular formula is C24H25ClN2O2S. The van der Waals surface area contributed by atoms with Gasteiger partial charge in [-0.25, -0.2) is 4.90 Å². The van der Waals surface area contributed by atoms with Crippen molar-refractivity contribution in [2.75, 3.05) is 18.0 Å². The smallest absolute Gasteiger partial charge is 0.283 e. The fraction of sp³-hybridized carbons (Fsp3) is 0.333. The number of thioether (sulfide) groups is 1. The number of nitrogens with zero attached hydrogens (tertiary/aromatic N) is 2. The lowest BCUT2D eigenvalue weighted by Gasteiger charge is -2.24. The molecule has 0 spiro atoms. The third-order valence-corrected chi connectivity index (χ3v) is 6.91. The number of hydrogen-bond donors (Lipinski definition) is 0. The third kappa shape index (κ3) is 4.28. The SMILES string of the molecule is CCc1ccc(N2C(=O)C(Sc3ccc(Cl)cc3)=C(N3CCCCCC3)C2=O)cc1. The second-order valence-corrected chi connectivity index (χ2v) is 9.12. The van der Waals surface area contributed by atoms with Gasteiger partial charge in [0.05, 0.1) is 5.69 Å². The Hall–Kier alpha value is -2.24. The first-order valence-corrected chi connectivity index (χ1v) is 11.7.